The lowest BCUT2D eigenvalue weighted by molar-refractivity contribution is 1.09. The van der Waals surface area contributed by atoms with E-state index in [1.165, 1.54) is 11.3 Å². The van der Waals surface area contributed by atoms with E-state index in [1.807, 2.05) is 0 Å². The molecular formula is C9H5Cl2N3O2S. The lowest BCUT2D eigenvalue weighted by Crippen LogP contribution is -2.20. The third kappa shape index (κ3) is 1.84. The molecule has 0 saturated heterocycles. The van der Waals surface area contributed by atoms with Crippen molar-refractivity contribution in [3.8, 4) is 0 Å². The number of thiophene rings is 1. The zero-order chi connectivity index (χ0) is 11.3. The number of fused-ring (bicyclic) bond motifs is 3. The van der Waals surface area contributed by atoms with Gasteiger partial charge in [-0.05, 0) is 12.1 Å². The van der Waals surface area contributed by atoms with Gasteiger partial charge >= 0.3 is 5.69 Å². The molecule has 0 unspecified atom stereocenters. The van der Waals surface area contributed by atoms with Crippen LogP contribution in [0.4, 0.5) is 0 Å². The molecule has 17 heavy (non-hydrogen) atoms. The Bertz CT molecular complexity index is 820. The molecule has 0 spiro atoms. The van der Waals surface area contributed by atoms with Gasteiger partial charge in [-0.15, -0.1) is 23.7 Å². The SMILES string of the molecule is Cl.O=c1[nH]c(=O)c2sc3ccc(Cl)nc3c2[nH]1. The summed E-state index contributed by atoms with van der Waals surface area (Å²) < 4.78 is 1.26. The molecule has 5 nitrogen and oxygen atoms in total. The Morgan fingerprint density at radius 2 is 2.00 bits per heavy atom. The fourth-order valence-corrected chi connectivity index (χ4v) is 2.67. The predicted molar refractivity (Wildman–Crippen MR) is 70.6 cm³/mol. The maximum atomic E-state index is 11.5. The van der Waals surface area contributed by atoms with Gasteiger partial charge in [-0.25, -0.2) is 9.78 Å². The maximum absolute atomic E-state index is 11.5. The van der Waals surface area contributed by atoms with Crippen molar-refractivity contribution in [2.75, 3.05) is 0 Å². The van der Waals surface area contributed by atoms with Crippen molar-refractivity contribution in [1.82, 2.24) is 15.0 Å². The van der Waals surface area contributed by atoms with Crippen LogP contribution in [0.3, 0.4) is 0 Å². The van der Waals surface area contributed by atoms with Crippen LogP contribution in [0.25, 0.3) is 20.4 Å². The molecule has 0 aromatic carbocycles. The number of aromatic amines is 2. The molecule has 3 rings (SSSR count). The van der Waals surface area contributed by atoms with Crippen molar-refractivity contribution < 1.29 is 0 Å². The number of nitrogens with zero attached hydrogens (tertiary/aromatic N) is 1. The number of halogens is 2. The van der Waals surface area contributed by atoms with Gasteiger partial charge in [0.05, 0.1) is 10.2 Å². The highest BCUT2D eigenvalue weighted by molar-refractivity contribution is 7.25. The first-order chi connectivity index (χ1) is 7.65. The van der Waals surface area contributed by atoms with E-state index >= 15 is 0 Å². The molecule has 3 heterocycles. The van der Waals surface area contributed by atoms with E-state index in [4.69, 9.17) is 11.6 Å². The van der Waals surface area contributed by atoms with Crippen molar-refractivity contribution in [1.29, 1.82) is 0 Å². The molecule has 0 aliphatic heterocycles. The van der Waals surface area contributed by atoms with Crippen LogP contribution >= 0.6 is 35.3 Å². The Balaban J connectivity index is 0.00000108. The number of H-pyrrole nitrogens is 2. The second kappa shape index (κ2) is 4.14. The highest BCUT2D eigenvalue weighted by atomic mass is 35.5. The van der Waals surface area contributed by atoms with Gasteiger partial charge in [-0.2, -0.15) is 0 Å². The van der Waals surface area contributed by atoms with Gasteiger partial charge in [-0.3, -0.25) is 9.78 Å². The van der Waals surface area contributed by atoms with E-state index in [9.17, 15) is 9.59 Å². The zero-order valence-electron chi connectivity index (χ0n) is 8.11. The zero-order valence-corrected chi connectivity index (χ0v) is 10.5. The van der Waals surface area contributed by atoms with E-state index in [-0.39, 0.29) is 12.4 Å². The summed E-state index contributed by atoms with van der Waals surface area (Å²) in [5.74, 6) is 0. The van der Waals surface area contributed by atoms with Crippen molar-refractivity contribution >= 4 is 55.8 Å². The monoisotopic (exact) mass is 289 g/mol. The largest absolute Gasteiger partial charge is 0.326 e. The van der Waals surface area contributed by atoms with Crippen molar-refractivity contribution in [2.45, 2.75) is 0 Å². The average Bonchev–Trinajstić information content (AvgIpc) is 2.57. The Morgan fingerprint density at radius 1 is 1.24 bits per heavy atom. The number of nitrogens with one attached hydrogen (secondary N) is 2. The minimum Gasteiger partial charge on any atom is -0.304 e. The number of hydrogen-bond donors (Lipinski definition) is 2. The van der Waals surface area contributed by atoms with Gasteiger partial charge in [0, 0.05) is 0 Å². The highest BCUT2D eigenvalue weighted by Gasteiger charge is 2.10. The van der Waals surface area contributed by atoms with E-state index in [0.717, 1.165) is 4.70 Å². The summed E-state index contributed by atoms with van der Waals surface area (Å²) in [6, 6.07) is 3.42. The smallest absolute Gasteiger partial charge is 0.304 e. The first-order valence-electron chi connectivity index (χ1n) is 4.36. The first-order valence-corrected chi connectivity index (χ1v) is 5.56. The van der Waals surface area contributed by atoms with E-state index in [0.29, 0.717) is 20.9 Å². The molecule has 3 aromatic rings. The van der Waals surface area contributed by atoms with Gasteiger partial charge < -0.3 is 4.98 Å². The summed E-state index contributed by atoms with van der Waals surface area (Å²) in [4.78, 5) is 31.5. The molecule has 0 bridgehead atoms. The Kier molecular flexibility index (Phi) is 2.94. The fourth-order valence-electron chi connectivity index (χ4n) is 1.53. The van der Waals surface area contributed by atoms with Gasteiger partial charge in [0.15, 0.2) is 0 Å². The molecule has 2 N–H and O–H groups in total. The van der Waals surface area contributed by atoms with Gasteiger partial charge in [0.25, 0.3) is 5.56 Å². The number of aromatic nitrogens is 3. The number of pyridine rings is 1. The third-order valence-corrected chi connectivity index (χ3v) is 3.53. The minimum atomic E-state index is -0.543. The lowest BCUT2D eigenvalue weighted by Gasteiger charge is -1.90. The number of rotatable bonds is 0. The maximum Gasteiger partial charge on any atom is 0.326 e. The van der Waals surface area contributed by atoms with E-state index in [1.54, 1.807) is 12.1 Å². The molecule has 88 valence electrons. The lowest BCUT2D eigenvalue weighted by atomic mass is 10.3. The molecule has 0 aliphatic rings. The van der Waals surface area contributed by atoms with Crippen molar-refractivity contribution in [3.63, 3.8) is 0 Å². The standard InChI is InChI=1S/C9H4ClN3O2S.ClH/c10-4-2-1-3-5(11-4)6-7(16-3)8(14)13-9(15)12-6;/h1-2H,(H2,12,13,14,15);1H. The molecule has 0 aliphatic carbocycles. The second-order valence-electron chi connectivity index (χ2n) is 3.20. The molecule has 0 amide bonds. The predicted octanol–water partition coefficient (Wildman–Crippen LogP) is 1.90. The highest BCUT2D eigenvalue weighted by Crippen LogP contribution is 2.28. The van der Waals surface area contributed by atoms with Crippen LogP contribution in [0.15, 0.2) is 21.7 Å². The topological polar surface area (TPSA) is 78.6 Å². The van der Waals surface area contributed by atoms with Crippen LogP contribution < -0.4 is 11.2 Å². The molecule has 8 heteroatoms. The second-order valence-corrected chi connectivity index (χ2v) is 4.63. The van der Waals surface area contributed by atoms with Crippen molar-refractivity contribution in [2.24, 2.45) is 0 Å². The minimum absolute atomic E-state index is 0. The van der Waals surface area contributed by atoms with Gasteiger partial charge in [-0.1, -0.05) is 11.6 Å². The third-order valence-electron chi connectivity index (χ3n) is 2.17. The average molecular weight is 290 g/mol. The van der Waals surface area contributed by atoms with Crippen LogP contribution in [-0.2, 0) is 0 Å². The number of hydrogen-bond acceptors (Lipinski definition) is 4. The van der Waals surface area contributed by atoms with E-state index < -0.39 is 11.2 Å². The summed E-state index contributed by atoms with van der Waals surface area (Å²) in [6.07, 6.45) is 0. The fraction of sp³-hybridized carbons (Fsp3) is 0. The Hall–Kier alpha value is -1.37. The van der Waals surface area contributed by atoms with Crippen LogP contribution in [0.1, 0.15) is 0 Å². The van der Waals surface area contributed by atoms with Crippen LogP contribution in [0, 0.1) is 0 Å². The summed E-state index contributed by atoms with van der Waals surface area (Å²) in [5.41, 5.74) is 0.0452. The normalized spacial score (nSPS) is 10.6. The molecular weight excluding hydrogens is 285 g/mol. The molecule has 0 atom stereocenters. The van der Waals surface area contributed by atoms with Crippen LogP contribution in [-0.4, -0.2) is 15.0 Å². The Morgan fingerprint density at radius 3 is 2.76 bits per heavy atom. The summed E-state index contributed by atoms with van der Waals surface area (Å²) in [7, 11) is 0. The summed E-state index contributed by atoms with van der Waals surface area (Å²) in [6.45, 7) is 0. The van der Waals surface area contributed by atoms with Gasteiger partial charge in [0.1, 0.15) is 15.4 Å². The molecule has 3 aromatic heterocycles. The quantitative estimate of drug-likeness (QED) is 0.621. The van der Waals surface area contributed by atoms with Crippen LogP contribution in [0.2, 0.25) is 5.15 Å². The van der Waals surface area contributed by atoms with Crippen molar-refractivity contribution in [3.05, 3.63) is 38.1 Å². The molecule has 0 fully saturated rings. The molecule has 0 saturated carbocycles. The summed E-state index contributed by atoms with van der Waals surface area (Å²) in [5, 5.41) is 0.327. The van der Waals surface area contributed by atoms with Crippen LogP contribution in [0.5, 0.6) is 0 Å². The van der Waals surface area contributed by atoms with Gasteiger partial charge in [0.2, 0.25) is 0 Å². The van der Waals surface area contributed by atoms with E-state index in [2.05, 4.69) is 15.0 Å². The Labute approximate surface area is 109 Å². The first kappa shape index (κ1) is 12.1. The summed E-state index contributed by atoms with van der Waals surface area (Å²) >= 11 is 7.04. The molecule has 0 radical (unpaired) electrons.